The Labute approximate surface area is 156 Å². The number of hydrogen-bond acceptors (Lipinski definition) is 5. The second kappa shape index (κ2) is 7.17. The number of carbonyl (C=O) groups excluding carboxylic acids is 1. The summed E-state index contributed by atoms with van der Waals surface area (Å²) in [4.78, 5) is 19.4. The molecule has 26 heavy (non-hydrogen) atoms. The van der Waals surface area contributed by atoms with Gasteiger partial charge in [-0.1, -0.05) is 23.5 Å². The summed E-state index contributed by atoms with van der Waals surface area (Å²) in [6.45, 7) is 5.84. The first-order chi connectivity index (χ1) is 12.6. The Bertz CT molecular complexity index is 876. The molecule has 3 aromatic rings. The first kappa shape index (κ1) is 17.2. The van der Waals surface area contributed by atoms with Gasteiger partial charge in [-0.2, -0.15) is 5.10 Å². The molecule has 1 atom stereocenters. The Morgan fingerprint density at radius 2 is 2.08 bits per heavy atom. The molecule has 0 radical (unpaired) electrons. The molecule has 1 N–H and O–H groups in total. The second-order valence-electron chi connectivity index (χ2n) is 6.92. The first-order valence-corrected chi connectivity index (χ1v) is 9.83. The van der Waals surface area contributed by atoms with E-state index in [9.17, 15) is 4.79 Å². The average molecular weight is 369 g/mol. The summed E-state index contributed by atoms with van der Waals surface area (Å²) < 4.78 is 3.16. The summed E-state index contributed by atoms with van der Waals surface area (Å²) in [5.74, 6) is 0.0115. The number of carbonyl (C=O) groups is 1. The number of amides is 1. The lowest BCUT2D eigenvalue weighted by Gasteiger charge is -2.35. The normalized spacial score (nSPS) is 17.5. The van der Waals surface area contributed by atoms with Crippen LogP contribution in [0.4, 0.5) is 5.13 Å². The Hall–Kier alpha value is -2.25. The number of aromatic nitrogens is 3. The van der Waals surface area contributed by atoms with Crippen LogP contribution in [0, 0.1) is 6.92 Å². The Kier molecular flexibility index (Phi) is 4.74. The van der Waals surface area contributed by atoms with Crippen molar-refractivity contribution < 1.29 is 4.79 Å². The summed E-state index contributed by atoms with van der Waals surface area (Å²) in [6, 6.07) is 8.20. The van der Waals surface area contributed by atoms with Crippen molar-refractivity contribution in [2.75, 3.05) is 18.4 Å². The van der Waals surface area contributed by atoms with Gasteiger partial charge >= 0.3 is 0 Å². The minimum atomic E-state index is -0.165. The van der Waals surface area contributed by atoms with Crippen LogP contribution >= 0.6 is 11.3 Å². The van der Waals surface area contributed by atoms with Crippen molar-refractivity contribution in [3.8, 4) is 0 Å². The number of para-hydroxylation sites is 1. The summed E-state index contributed by atoms with van der Waals surface area (Å²) in [6.07, 6.45) is 6.03. The number of hydrogen-bond donors (Lipinski definition) is 1. The molecular formula is C19H23N5OS. The minimum absolute atomic E-state index is 0.0115. The van der Waals surface area contributed by atoms with Crippen LogP contribution in [0.15, 0.2) is 36.7 Å². The summed E-state index contributed by atoms with van der Waals surface area (Å²) >= 11 is 1.52. The molecule has 1 aliphatic heterocycles. The number of rotatable bonds is 4. The molecule has 0 saturated carbocycles. The largest absolute Gasteiger partial charge is 0.301 e. The standard InChI is InChI=1S/C19H23N5OS/c1-13-11-20-24(12-13)15-7-9-23(10-8-15)14(2)18(25)22-19-21-16-5-3-4-6-17(16)26-19/h3-6,11-12,14-15H,7-10H2,1-2H3,(H,21,22,25)/t14-/m1/s1. The second-order valence-corrected chi connectivity index (χ2v) is 7.95. The zero-order valence-electron chi connectivity index (χ0n) is 15.1. The zero-order valence-corrected chi connectivity index (χ0v) is 15.9. The molecule has 0 spiro atoms. The highest BCUT2D eigenvalue weighted by molar-refractivity contribution is 7.22. The van der Waals surface area contributed by atoms with E-state index >= 15 is 0 Å². The van der Waals surface area contributed by atoms with Crippen LogP contribution in [0.3, 0.4) is 0 Å². The lowest BCUT2D eigenvalue weighted by molar-refractivity contribution is -0.121. The average Bonchev–Trinajstić information content (AvgIpc) is 3.26. The van der Waals surface area contributed by atoms with E-state index in [2.05, 4.69) is 38.1 Å². The van der Waals surface area contributed by atoms with Crippen molar-refractivity contribution >= 4 is 32.6 Å². The molecule has 0 aliphatic carbocycles. The van der Waals surface area contributed by atoms with E-state index in [1.807, 2.05) is 37.4 Å². The minimum Gasteiger partial charge on any atom is -0.301 e. The highest BCUT2D eigenvalue weighted by Crippen LogP contribution is 2.27. The van der Waals surface area contributed by atoms with Gasteiger partial charge in [0.15, 0.2) is 5.13 Å². The van der Waals surface area contributed by atoms with Crippen LogP contribution in [0.1, 0.15) is 31.4 Å². The van der Waals surface area contributed by atoms with Crippen LogP contribution in [-0.4, -0.2) is 44.7 Å². The fourth-order valence-corrected chi connectivity index (χ4v) is 4.34. The fourth-order valence-electron chi connectivity index (χ4n) is 3.47. The molecule has 1 fully saturated rings. The smallest absolute Gasteiger partial charge is 0.243 e. The number of benzene rings is 1. The Morgan fingerprint density at radius 3 is 2.77 bits per heavy atom. The molecule has 4 rings (SSSR count). The van der Waals surface area contributed by atoms with Gasteiger partial charge in [-0.15, -0.1) is 0 Å². The van der Waals surface area contributed by atoms with Gasteiger partial charge in [-0.05, 0) is 44.4 Å². The van der Waals surface area contributed by atoms with Crippen LogP contribution in [0.5, 0.6) is 0 Å². The number of nitrogens with zero attached hydrogens (tertiary/aromatic N) is 4. The zero-order chi connectivity index (χ0) is 18.1. The number of fused-ring (bicyclic) bond motifs is 1. The third-order valence-corrected chi connectivity index (χ3v) is 6.01. The lowest BCUT2D eigenvalue weighted by Crippen LogP contribution is -2.46. The molecule has 1 amide bonds. The first-order valence-electron chi connectivity index (χ1n) is 9.01. The van der Waals surface area contributed by atoms with E-state index in [4.69, 9.17) is 0 Å². The van der Waals surface area contributed by atoms with Gasteiger partial charge in [0.25, 0.3) is 0 Å². The lowest BCUT2D eigenvalue weighted by atomic mass is 10.0. The van der Waals surface area contributed by atoms with Crippen LogP contribution in [-0.2, 0) is 4.79 Å². The van der Waals surface area contributed by atoms with Crippen LogP contribution in [0.2, 0.25) is 0 Å². The van der Waals surface area contributed by atoms with Gasteiger partial charge in [-0.25, -0.2) is 4.98 Å². The van der Waals surface area contributed by atoms with Crippen LogP contribution in [0.25, 0.3) is 10.2 Å². The van der Waals surface area contributed by atoms with Gasteiger partial charge in [-0.3, -0.25) is 14.4 Å². The number of anilines is 1. The number of thiazole rings is 1. The molecule has 1 saturated heterocycles. The van der Waals surface area contributed by atoms with Crippen molar-refractivity contribution in [1.82, 2.24) is 19.7 Å². The van der Waals surface area contributed by atoms with Gasteiger partial charge < -0.3 is 5.32 Å². The summed E-state index contributed by atoms with van der Waals surface area (Å²) in [7, 11) is 0. The van der Waals surface area contributed by atoms with E-state index < -0.39 is 0 Å². The molecule has 0 bridgehead atoms. The van der Waals surface area contributed by atoms with Gasteiger partial charge in [0, 0.05) is 19.3 Å². The highest BCUT2D eigenvalue weighted by Gasteiger charge is 2.28. The van der Waals surface area contributed by atoms with Crippen molar-refractivity contribution in [2.24, 2.45) is 0 Å². The van der Waals surface area contributed by atoms with E-state index in [-0.39, 0.29) is 11.9 Å². The van der Waals surface area contributed by atoms with Crippen molar-refractivity contribution in [1.29, 1.82) is 0 Å². The molecule has 1 aromatic carbocycles. The molecule has 7 heteroatoms. The summed E-state index contributed by atoms with van der Waals surface area (Å²) in [5.41, 5.74) is 2.12. The third-order valence-electron chi connectivity index (χ3n) is 5.05. The number of likely N-dealkylation sites (tertiary alicyclic amines) is 1. The maximum Gasteiger partial charge on any atom is 0.243 e. The van der Waals surface area contributed by atoms with E-state index in [1.165, 1.54) is 16.9 Å². The molecule has 136 valence electrons. The third kappa shape index (κ3) is 3.50. The highest BCUT2D eigenvalue weighted by atomic mass is 32.1. The van der Waals surface area contributed by atoms with Crippen molar-refractivity contribution in [2.45, 2.75) is 38.8 Å². The van der Waals surface area contributed by atoms with Crippen LogP contribution < -0.4 is 5.32 Å². The molecule has 0 unspecified atom stereocenters. The molecule has 3 heterocycles. The van der Waals surface area contributed by atoms with Gasteiger partial charge in [0.2, 0.25) is 5.91 Å². The quantitative estimate of drug-likeness (QED) is 0.765. The van der Waals surface area contributed by atoms with E-state index in [1.54, 1.807) is 0 Å². The summed E-state index contributed by atoms with van der Waals surface area (Å²) in [5, 5.41) is 8.09. The predicted molar refractivity (Wildman–Crippen MR) is 105 cm³/mol. The maximum absolute atomic E-state index is 12.6. The molecule has 2 aromatic heterocycles. The SMILES string of the molecule is Cc1cnn(C2CCN([C@H](C)C(=O)Nc3nc4ccccc4s3)CC2)c1. The molecule has 6 nitrogen and oxygen atoms in total. The van der Waals surface area contributed by atoms with Crippen molar-refractivity contribution in [3.63, 3.8) is 0 Å². The number of nitrogens with one attached hydrogen (secondary N) is 1. The van der Waals surface area contributed by atoms with Gasteiger partial charge in [0.1, 0.15) is 0 Å². The Morgan fingerprint density at radius 1 is 1.31 bits per heavy atom. The predicted octanol–water partition coefficient (Wildman–Crippen LogP) is 3.47. The number of aryl methyl sites for hydroxylation is 1. The monoisotopic (exact) mass is 369 g/mol. The van der Waals surface area contributed by atoms with Crippen molar-refractivity contribution in [3.05, 3.63) is 42.2 Å². The Balaban J connectivity index is 1.35. The molecule has 1 aliphatic rings. The van der Waals surface area contributed by atoms with E-state index in [0.717, 1.165) is 36.1 Å². The maximum atomic E-state index is 12.6. The molecular weight excluding hydrogens is 346 g/mol. The van der Waals surface area contributed by atoms with E-state index in [0.29, 0.717) is 11.2 Å². The fraction of sp³-hybridized carbons (Fsp3) is 0.421. The topological polar surface area (TPSA) is 63.1 Å². The number of piperidine rings is 1. The van der Waals surface area contributed by atoms with Gasteiger partial charge in [0.05, 0.1) is 28.5 Å².